The molecule has 0 fully saturated rings. The molecule has 29 heavy (non-hydrogen) atoms. The van der Waals surface area contributed by atoms with Gasteiger partial charge in [0.2, 0.25) is 0 Å². The van der Waals surface area contributed by atoms with Crippen LogP contribution in [0.1, 0.15) is 52.7 Å². The van der Waals surface area contributed by atoms with E-state index in [1.807, 2.05) is 0 Å². The van der Waals surface area contributed by atoms with Crippen molar-refractivity contribution in [1.82, 2.24) is 0 Å². The molecule has 0 spiro atoms. The molecule has 2 aromatic carbocycles. The van der Waals surface area contributed by atoms with E-state index in [0.717, 1.165) is 13.1 Å². The van der Waals surface area contributed by atoms with Crippen molar-refractivity contribution in [1.29, 1.82) is 0 Å². The van der Waals surface area contributed by atoms with Gasteiger partial charge < -0.3 is 9.80 Å². The summed E-state index contributed by atoms with van der Waals surface area (Å²) in [5.74, 6) is 0. The van der Waals surface area contributed by atoms with E-state index in [1.54, 1.807) is 0 Å². The number of allylic oxidation sites excluding steroid dienone is 3. The zero-order chi connectivity index (χ0) is 20.8. The second-order valence-corrected chi connectivity index (χ2v) is 9.29. The number of nitrogens with zero attached hydrogens (tertiary/aromatic N) is 2. The van der Waals surface area contributed by atoms with Gasteiger partial charge in [0.05, 0.1) is 6.04 Å². The Bertz CT molecular complexity index is 964. The van der Waals surface area contributed by atoms with E-state index in [1.165, 1.54) is 28.2 Å². The molecule has 0 aromatic heterocycles. The number of likely N-dealkylation sites (N-methyl/N-ethyl adjacent to an activating group) is 2. The van der Waals surface area contributed by atoms with Crippen LogP contribution in [0.2, 0.25) is 0 Å². The minimum atomic E-state index is 0.0234. The average Bonchev–Trinajstić information content (AvgIpc) is 3.07. The van der Waals surface area contributed by atoms with Crippen molar-refractivity contribution in [2.75, 3.05) is 22.9 Å². The third kappa shape index (κ3) is 2.92. The number of hydrogen-bond donors (Lipinski definition) is 0. The molecule has 4 rings (SSSR count). The Morgan fingerprint density at radius 3 is 2.10 bits per heavy atom. The highest BCUT2D eigenvalue weighted by Crippen LogP contribution is 2.48. The average molecular weight is 387 g/mol. The van der Waals surface area contributed by atoms with Crippen molar-refractivity contribution in [2.45, 2.75) is 58.4 Å². The monoisotopic (exact) mass is 386 g/mol. The van der Waals surface area contributed by atoms with Crippen LogP contribution in [0.4, 0.5) is 11.4 Å². The Kier molecular flexibility index (Phi) is 4.85. The first-order chi connectivity index (χ1) is 13.8. The van der Waals surface area contributed by atoms with Crippen LogP contribution in [0.25, 0.3) is 0 Å². The highest BCUT2D eigenvalue weighted by Gasteiger charge is 2.42. The summed E-state index contributed by atoms with van der Waals surface area (Å²) in [4.78, 5) is 5.00. The van der Waals surface area contributed by atoms with Gasteiger partial charge in [0.1, 0.15) is 0 Å². The maximum absolute atomic E-state index is 2.54. The van der Waals surface area contributed by atoms with Crippen LogP contribution in [-0.2, 0) is 10.8 Å². The normalized spacial score (nSPS) is 23.1. The van der Waals surface area contributed by atoms with Crippen LogP contribution in [0, 0.1) is 0 Å². The van der Waals surface area contributed by atoms with Crippen molar-refractivity contribution in [3.8, 4) is 0 Å². The van der Waals surface area contributed by atoms with Gasteiger partial charge in [0.15, 0.2) is 0 Å². The van der Waals surface area contributed by atoms with Gasteiger partial charge >= 0.3 is 0 Å². The van der Waals surface area contributed by atoms with E-state index in [4.69, 9.17) is 0 Å². The molecule has 0 saturated heterocycles. The summed E-state index contributed by atoms with van der Waals surface area (Å²) in [5.41, 5.74) is 7.11. The van der Waals surface area contributed by atoms with Gasteiger partial charge in [-0.25, -0.2) is 0 Å². The zero-order valence-electron chi connectivity index (χ0n) is 18.7. The van der Waals surface area contributed by atoms with Crippen molar-refractivity contribution in [2.24, 2.45) is 0 Å². The van der Waals surface area contributed by atoms with Gasteiger partial charge in [-0.3, -0.25) is 0 Å². The van der Waals surface area contributed by atoms with E-state index in [2.05, 4.69) is 118 Å². The summed E-state index contributed by atoms with van der Waals surface area (Å²) in [5, 5.41) is 0. The SMILES string of the molecule is CCN1/C(=C/C=C/C2N(CC)c3ccccc3C2(C)C)C(C)(C)c2ccccc21. The van der Waals surface area contributed by atoms with Crippen LogP contribution in [0.3, 0.4) is 0 Å². The molecule has 0 saturated carbocycles. The van der Waals surface area contributed by atoms with Gasteiger partial charge in [0, 0.05) is 41.0 Å². The lowest BCUT2D eigenvalue weighted by atomic mass is 9.80. The summed E-state index contributed by atoms with van der Waals surface area (Å²) in [6.45, 7) is 15.9. The Balaban J connectivity index is 1.69. The third-order valence-electron chi connectivity index (χ3n) is 6.99. The van der Waals surface area contributed by atoms with Crippen LogP contribution in [-0.4, -0.2) is 19.1 Å². The molecule has 0 bridgehead atoms. The lowest BCUT2D eigenvalue weighted by Crippen LogP contribution is -2.39. The van der Waals surface area contributed by atoms with Crippen LogP contribution in [0.15, 0.2) is 72.5 Å². The van der Waals surface area contributed by atoms with Crippen molar-refractivity contribution in [3.63, 3.8) is 0 Å². The predicted molar refractivity (Wildman–Crippen MR) is 126 cm³/mol. The van der Waals surface area contributed by atoms with E-state index in [0.29, 0.717) is 6.04 Å². The summed E-state index contributed by atoms with van der Waals surface area (Å²) in [7, 11) is 0. The highest BCUT2D eigenvalue weighted by molar-refractivity contribution is 5.71. The van der Waals surface area contributed by atoms with Gasteiger partial charge in [-0.2, -0.15) is 0 Å². The molecule has 2 heteroatoms. The van der Waals surface area contributed by atoms with E-state index < -0.39 is 0 Å². The van der Waals surface area contributed by atoms with Gasteiger partial charge in [-0.05, 0) is 43.2 Å². The lowest BCUT2D eigenvalue weighted by molar-refractivity contribution is 0.478. The van der Waals surface area contributed by atoms with Gasteiger partial charge in [-0.15, -0.1) is 0 Å². The molecular formula is C27H34N2. The molecule has 2 aromatic rings. The minimum Gasteiger partial charge on any atom is -0.364 e. The van der Waals surface area contributed by atoms with Crippen molar-refractivity contribution >= 4 is 11.4 Å². The molecule has 2 aliphatic rings. The molecule has 2 nitrogen and oxygen atoms in total. The number of fused-ring (bicyclic) bond motifs is 2. The van der Waals surface area contributed by atoms with E-state index >= 15 is 0 Å². The molecule has 0 aliphatic carbocycles. The molecule has 0 N–H and O–H groups in total. The molecule has 1 unspecified atom stereocenters. The van der Waals surface area contributed by atoms with Gasteiger partial charge in [0.25, 0.3) is 0 Å². The molecular weight excluding hydrogens is 352 g/mol. The smallest absolute Gasteiger partial charge is 0.0568 e. The summed E-state index contributed by atoms with van der Waals surface area (Å²) in [6, 6.07) is 18.1. The zero-order valence-corrected chi connectivity index (χ0v) is 18.7. The maximum atomic E-state index is 2.54. The van der Waals surface area contributed by atoms with E-state index in [9.17, 15) is 0 Å². The number of rotatable bonds is 4. The first-order valence-electron chi connectivity index (χ1n) is 11.0. The fraction of sp³-hybridized carbons (Fsp3) is 0.407. The first kappa shape index (κ1) is 19.8. The Hall–Kier alpha value is -2.48. The predicted octanol–water partition coefficient (Wildman–Crippen LogP) is 6.43. The van der Waals surface area contributed by atoms with Crippen LogP contribution in [0.5, 0.6) is 0 Å². The number of para-hydroxylation sites is 2. The molecule has 152 valence electrons. The second-order valence-electron chi connectivity index (χ2n) is 9.29. The molecule has 0 radical (unpaired) electrons. The highest BCUT2D eigenvalue weighted by atomic mass is 15.2. The minimum absolute atomic E-state index is 0.0234. The maximum Gasteiger partial charge on any atom is 0.0568 e. The fourth-order valence-corrected chi connectivity index (χ4v) is 5.41. The quantitative estimate of drug-likeness (QED) is 0.597. The number of anilines is 2. The lowest BCUT2D eigenvalue weighted by Gasteiger charge is -2.31. The topological polar surface area (TPSA) is 6.48 Å². The molecule has 0 amide bonds. The summed E-state index contributed by atoms with van der Waals surface area (Å²) >= 11 is 0. The number of benzene rings is 2. The Labute approximate surface area is 176 Å². The second kappa shape index (κ2) is 7.09. The standard InChI is InChI=1S/C27H34N2/c1-7-28-22-16-11-9-14-20(22)26(3,4)24(28)18-13-19-25-27(5,6)21-15-10-12-17-23(21)29(25)8-2/h9-19,24H,7-8H2,1-6H3/b18-13+,25-19+. The van der Waals surface area contributed by atoms with Gasteiger partial charge in [-0.1, -0.05) is 76.2 Å². The first-order valence-corrected chi connectivity index (χ1v) is 11.0. The van der Waals surface area contributed by atoms with Crippen LogP contribution >= 0.6 is 0 Å². The summed E-state index contributed by atoms with van der Waals surface area (Å²) in [6.07, 6.45) is 7.05. The molecule has 2 heterocycles. The number of hydrogen-bond acceptors (Lipinski definition) is 2. The largest absolute Gasteiger partial charge is 0.364 e. The molecule has 2 aliphatic heterocycles. The van der Waals surface area contributed by atoms with E-state index in [-0.39, 0.29) is 10.8 Å². The van der Waals surface area contributed by atoms with Crippen LogP contribution < -0.4 is 9.80 Å². The van der Waals surface area contributed by atoms with Crippen molar-refractivity contribution < 1.29 is 0 Å². The summed E-state index contributed by atoms with van der Waals surface area (Å²) < 4.78 is 0. The van der Waals surface area contributed by atoms with Crippen molar-refractivity contribution in [3.05, 3.63) is 83.6 Å². The Morgan fingerprint density at radius 2 is 1.45 bits per heavy atom. The third-order valence-corrected chi connectivity index (χ3v) is 6.99. The molecule has 1 atom stereocenters. The fourth-order valence-electron chi connectivity index (χ4n) is 5.41. The Morgan fingerprint density at radius 1 is 0.828 bits per heavy atom.